The van der Waals surface area contributed by atoms with Crippen molar-refractivity contribution < 1.29 is 9.53 Å². The second-order valence-corrected chi connectivity index (χ2v) is 11.3. The standard InChI is InChI=1S/C30H26Cl2N6O2/c1-16-10-25(38-37-16)28(39)35-26-13-30(2,3)40-29-23(26)12-22(17-4-7-20(31)8-5-17)27(36-29)21-9-6-18(11-24(21)32)19-14-33-34-15-19/h4-12,14-15,26H,13H2,1-3H3,(H,33,34)(H,35,39)(H,37,38)/t26-/m1/s1. The van der Waals surface area contributed by atoms with Gasteiger partial charge in [0.25, 0.3) is 5.91 Å². The number of carbonyl (C=O) groups excluding carboxylic acids is 1. The van der Waals surface area contributed by atoms with Crippen molar-refractivity contribution in [2.75, 3.05) is 0 Å². The second kappa shape index (κ2) is 10.1. The lowest BCUT2D eigenvalue weighted by atomic mass is 9.88. The second-order valence-electron chi connectivity index (χ2n) is 10.5. The average Bonchev–Trinajstić information content (AvgIpc) is 3.60. The molecular formula is C30H26Cl2N6O2. The molecule has 0 spiro atoms. The Kier molecular flexibility index (Phi) is 6.60. The lowest BCUT2D eigenvalue weighted by Crippen LogP contribution is -2.41. The van der Waals surface area contributed by atoms with Gasteiger partial charge in [-0.25, -0.2) is 4.98 Å². The summed E-state index contributed by atoms with van der Waals surface area (Å²) in [5, 5.41) is 18.1. The lowest BCUT2D eigenvalue weighted by molar-refractivity contribution is 0.0571. The number of halogens is 2. The highest BCUT2D eigenvalue weighted by Crippen LogP contribution is 2.45. The van der Waals surface area contributed by atoms with Gasteiger partial charge in [-0.1, -0.05) is 47.5 Å². The summed E-state index contributed by atoms with van der Waals surface area (Å²) in [5.74, 6) is 0.176. The van der Waals surface area contributed by atoms with Crippen LogP contribution in [-0.2, 0) is 0 Å². The Bertz CT molecular complexity index is 1710. The van der Waals surface area contributed by atoms with E-state index >= 15 is 0 Å². The van der Waals surface area contributed by atoms with Gasteiger partial charge < -0.3 is 10.1 Å². The summed E-state index contributed by atoms with van der Waals surface area (Å²) in [7, 11) is 0. The van der Waals surface area contributed by atoms with Gasteiger partial charge in [-0.05, 0) is 62.2 Å². The number of fused-ring (bicyclic) bond motifs is 1. The van der Waals surface area contributed by atoms with E-state index in [0.717, 1.165) is 39.1 Å². The third-order valence-corrected chi connectivity index (χ3v) is 7.48. The fourth-order valence-corrected chi connectivity index (χ4v) is 5.39. The quantitative estimate of drug-likeness (QED) is 0.207. The number of hydrogen-bond donors (Lipinski definition) is 3. The summed E-state index contributed by atoms with van der Waals surface area (Å²) in [5.41, 5.74) is 6.36. The summed E-state index contributed by atoms with van der Waals surface area (Å²) in [6, 6.07) is 16.8. The maximum atomic E-state index is 13.1. The number of H-pyrrole nitrogens is 2. The molecule has 3 N–H and O–H groups in total. The first-order valence-electron chi connectivity index (χ1n) is 12.8. The van der Waals surface area contributed by atoms with Crippen molar-refractivity contribution in [3.8, 4) is 39.4 Å². The van der Waals surface area contributed by atoms with Crippen LogP contribution >= 0.6 is 23.2 Å². The van der Waals surface area contributed by atoms with Crippen molar-refractivity contribution in [3.63, 3.8) is 0 Å². The van der Waals surface area contributed by atoms with E-state index in [1.807, 2.05) is 75.5 Å². The van der Waals surface area contributed by atoms with Gasteiger partial charge in [-0.2, -0.15) is 10.2 Å². The molecule has 0 aliphatic carbocycles. The maximum absolute atomic E-state index is 13.1. The minimum absolute atomic E-state index is 0.270. The Morgan fingerprint density at radius 3 is 2.48 bits per heavy atom. The summed E-state index contributed by atoms with van der Waals surface area (Å²) < 4.78 is 6.37. The van der Waals surface area contributed by atoms with E-state index in [4.69, 9.17) is 32.9 Å². The molecule has 0 bridgehead atoms. The number of benzene rings is 2. The zero-order valence-corrected chi connectivity index (χ0v) is 23.6. The molecule has 0 fully saturated rings. The van der Waals surface area contributed by atoms with Crippen molar-refractivity contribution in [3.05, 3.63) is 94.0 Å². The molecule has 0 saturated carbocycles. The van der Waals surface area contributed by atoms with E-state index in [1.165, 1.54) is 0 Å². The molecule has 1 aliphatic rings. The number of aryl methyl sites for hydroxylation is 1. The SMILES string of the molecule is Cc1cc(C(=O)N[C@@H]2CC(C)(C)Oc3nc(-c4ccc(-c5cn[nH]c5)cc4Cl)c(-c4ccc(Cl)cc4)cc32)n[nH]1. The first-order valence-corrected chi connectivity index (χ1v) is 13.5. The molecular weight excluding hydrogens is 547 g/mol. The highest BCUT2D eigenvalue weighted by molar-refractivity contribution is 6.33. The molecule has 202 valence electrons. The fourth-order valence-electron chi connectivity index (χ4n) is 4.99. The molecule has 6 rings (SSSR count). The number of aromatic amines is 2. The zero-order chi connectivity index (χ0) is 28.0. The van der Waals surface area contributed by atoms with Crippen LogP contribution < -0.4 is 10.1 Å². The smallest absolute Gasteiger partial charge is 0.272 e. The van der Waals surface area contributed by atoms with Gasteiger partial charge >= 0.3 is 0 Å². The minimum Gasteiger partial charge on any atom is -0.471 e. The fraction of sp³-hybridized carbons (Fsp3) is 0.200. The summed E-state index contributed by atoms with van der Waals surface area (Å²) in [6.07, 6.45) is 4.11. The molecule has 10 heteroatoms. The lowest BCUT2D eigenvalue weighted by Gasteiger charge is -2.37. The monoisotopic (exact) mass is 572 g/mol. The number of nitrogens with one attached hydrogen (secondary N) is 3. The van der Waals surface area contributed by atoms with Crippen molar-refractivity contribution in [2.24, 2.45) is 0 Å². The molecule has 4 heterocycles. The minimum atomic E-state index is -0.576. The normalized spacial score (nSPS) is 15.8. The van der Waals surface area contributed by atoms with Gasteiger partial charge in [-0.3, -0.25) is 15.0 Å². The molecule has 1 amide bonds. The number of aromatic nitrogens is 5. The van der Waals surface area contributed by atoms with Crippen LogP contribution in [0.4, 0.5) is 0 Å². The van der Waals surface area contributed by atoms with Gasteiger partial charge in [-0.15, -0.1) is 0 Å². The number of carbonyl (C=O) groups is 1. The number of rotatable bonds is 5. The van der Waals surface area contributed by atoms with Gasteiger partial charge in [0.2, 0.25) is 5.88 Å². The van der Waals surface area contributed by atoms with E-state index in [1.54, 1.807) is 12.3 Å². The first kappa shape index (κ1) is 26.1. The van der Waals surface area contributed by atoms with Crippen LogP contribution in [0.3, 0.4) is 0 Å². The molecule has 0 radical (unpaired) electrons. The predicted octanol–water partition coefficient (Wildman–Crippen LogP) is 7.18. The van der Waals surface area contributed by atoms with Gasteiger partial charge in [0, 0.05) is 45.6 Å². The Labute approximate surface area is 241 Å². The Morgan fingerprint density at radius 1 is 1.02 bits per heavy atom. The van der Waals surface area contributed by atoms with Crippen molar-refractivity contribution >= 4 is 29.1 Å². The van der Waals surface area contributed by atoms with Crippen LogP contribution in [0.15, 0.2) is 67.0 Å². The summed E-state index contributed by atoms with van der Waals surface area (Å²) in [6.45, 7) is 5.82. The first-order chi connectivity index (χ1) is 19.2. The van der Waals surface area contributed by atoms with Gasteiger partial charge in [0.1, 0.15) is 11.3 Å². The van der Waals surface area contributed by atoms with E-state index in [0.29, 0.717) is 33.7 Å². The molecule has 0 unspecified atom stereocenters. The molecule has 0 saturated heterocycles. The highest BCUT2D eigenvalue weighted by atomic mass is 35.5. The Hall–Kier alpha value is -4.14. The van der Waals surface area contributed by atoms with Crippen LogP contribution in [0.5, 0.6) is 5.88 Å². The molecule has 40 heavy (non-hydrogen) atoms. The largest absolute Gasteiger partial charge is 0.471 e. The Balaban J connectivity index is 1.49. The molecule has 8 nitrogen and oxygen atoms in total. The summed E-state index contributed by atoms with van der Waals surface area (Å²) >= 11 is 13.1. The predicted molar refractivity (Wildman–Crippen MR) is 156 cm³/mol. The molecule has 5 aromatic rings. The van der Waals surface area contributed by atoms with Crippen LogP contribution in [0.1, 0.15) is 48.1 Å². The van der Waals surface area contributed by atoms with E-state index in [2.05, 4.69) is 25.7 Å². The average molecular weight is 573 g/mol. The van der Waals surface area contributed by atoms with Crippen LogP contribution in [0.2, 0.25) is 10.0 Å². The van der Waals surface area contributed by atoms with Gasteiger partial charge in [0.15, 0.2) is 0 Å². The zero-order valence-electron chi connectivity index (χ0n) is 22.0. The van der Waals surface area contributed by atoms with E-state index in [-0.39, 0.29) is 11.9 Å². The number of pyridine rings is 1. The number of ether oxygens (including phenoxy) is 1. The van der Waals surface area contributed by atoms with Crippen LogP contribution in [-0.4, -0.2) is 36.9 Å². The van der Waals surface area contributed by atoms with Crippen molar-refractivity contribution in [1.82, 2.24) is 30.7 Å². The summed E-state index contributed by atoms with van der Waals surface area (Å²) in [4.78, 5) is 18.1. The molecule has 3 aromatic heterocycles. The van der Waals surface area contributed by atoms with E-state index in [9.17, 15) is 4.79 Å². The molecule has 2 aromatic carbocycles. The third kappa shape index (κ3) is 5.08. The molecule has 1 aliphatic heterocycles. The highest BCUT2D eigenvalue weighted by Gasteiger charge is 2.37. The third-order valence-electron chi connectivity index (χ3n) is 6.91. The Morgan fingerprint density at radius 2 is 1.80 bits per heavy atom. The van der Waals surface area contributed by atoms with Crippen LogP contribution in [0, 0.1) is 6.92 Å². The van der Waals surface area contributed by atoms with Gasteiger partial charge in [0.05, 0.1) is 23.0 Å². The number of nitrogens with zero attached hydrogens (tertiary/aromatic N) is 3. The van der Waals surface area contributed by atoms with Crippen LogP contribution in [0.25, 0.3) is 33.5 Å². The number of amides is 1. The van der Waals surface area contributed by atoms with Crippen molar-refractivity contribution in [2.45, 2.75) is 38.8 Å². The number of hydrogen-bond acceptors (Lipinski definition) is 5. The maximum Gasteiger partial charge on any atom is 0.272 e. The topological polar surface area (TPSA) is 109 Å². The molecule has 1 atom stereocenters. The van der Waals surface area contributed by atoms with E-state index < -0.39 is 5.60 Å². The van der Waals surface area contributed by atoms with Crippen molar-refractivity contribution in [1.29, 1.82) is 0 Å².